The number of aromatic nitrogens is 2. The van der Waals surface area contributed by atoms with Crippen molar-refractivity contribution in [3.63, 3.8) is 0 Å². The van der Waals surface area contributed by atoms with Crippen LogP contribution in [0.2, 0.25) is 0 Å². The van der Waals surface area contributed by atoms with Gasteiger partial charge in [-0.25, -0.2) is 9.78 Å². The molecule has 3 N–H and O–H groups in total. The fraction of sp³-hybridized carbons (Fsp3) is 0.448. The Bertz CT molecular complexity index is 1680. The minimum atomic E-state index is -1.94. The van der Waals surface area contributed by atoms with Gasteiger partial charge >= 0.3 is 5.97 Å². The van der Waals surface area contributed by atoms with Crippen LogP contribution in [0.5, 0.6) is 11.5 Å². The molecule has 0 saturated carbocycles. The Kier molecular flexibility index (Phi) is 6.42. The molecule has 5 heterocycles. The van der Waals surface area contributed by atoms with Gasteiger partial charge in [0.25, 0.3) is 5.56 Å². The van der Waals surface area contributed by atoms with E-state index in [1.807, 2.05) is 19.1 Å². The molecule has 3 atom stereocenters. The summed E-state index contributed by atoms with van der Waals surface area (Å²) in [5.41, 5.74) is 0.0885. The number of nitrogens with one attached hydrogen (secondary N) is 1. The summed E-state index contributed by atoms with van der Waals surface area (Å²) in [6, 6.07) is 4.98. The fourth-order valence-corrected chi connectivity index (χ4v) is 6.07. The summed E-state index contributed by atoms with van der Waals surface area (Å²) in [4.78, 5) is 43.2. The van der Waals surface area contributed by atoms with E-state index in [1.54, 1.807) is 24.5 Å². The van der Waals surface area contributed by atoms with Gasteiger partial charge in [-0.05, 0) is 38.0 Å². The quantitative estimate of drug-likeness (QED) is 0.211. The van der Waals surface area contributed by atoms with Crippen molar-refractivity contribution in [1.29, 1.82) is 0 Å². The number of pyridine rings is 2. The van der Waals surface area contributed by atoms with E-state index in [0.717, 1.165) is 5.56 Å². The molecule has 12 heteroatoms. The molecule has 6 rings (SSSR count). The zero-order valence-electron chi connectivity index (χ0n) is 23.2. The van der Waals surface area contributed by atoms with E-state index in [4.69, 9.17) is 23.9 Å². The first-order valence-electron chi connectivity index (χ1n) is 13.4. The first-order valence-corrected chi connectivity index (χ1v) is 13.4. The molecule has 3 aromatic rings. The predicted molar refractivity (Wildman–Crippen MR) is 144 cm³/mol. The number of esters is 1. The lowest BCUT2D eigenvalue weighted by atomic mass is 9.86. The van der Waals surface area contributed by atoms with Crippen molar-refractivity contribution < 1.29 is 38.7 Å². The smallest absolute Gasteiger partial charge is 0.343 e. The number of aliphatic hydroxyl groups is 2. The number of ketones is 1. The summed E-state index contributed by atoms with van der Waals surface area (Å²) in [6.45, 7) is 4.65. The lowest BCUT2D eigenvalue weighted by Crippen LogP contribution is -2.47. The van der Waals surface area contributed by atoms with Crippen molar-refractivity contribution >= 4 is 22.7 Å². The van der Waals surface area contributed by atoms with Crippen LogP contribution in [-0.4, -0.2) is 57.8 Å². The van der Waals surface area contributed by atoms with Crippen molar-refractivity contribution in [3.05, 3.63) is 50.8 Å². The number of rotatable bonds is 8. The Morgan fingerprint density at radius 1 is 1.27 bits per heavy atom. The largest absolute Gasteiger partial charge is 0.458 e. The summed E-state index contributed by atoms with van der Waals surface area (Å²) in [5.74, 6) is -0.0290. The maximum Gasteiger partial charge on any atom is 0.343 e. The number of methoxy groups -OCH3 is 1. The van der Waals surface area contributed by atoms with Crippen molar-refractivity contribution in [2.75, 3.05) is 20.5 Å². The van der Waals surface area contributed by atoms with E-state index in [9.17, 15) is 24.6 Å². The molecular weight excluding hydrogens is 534 g/mol. The number of hydrogen-bond acceptors (Lipinski definition) is 11. The molecule has 1 unspecified atom stereocenters. The molecule has 12 nitrogen and oxygen atoms in total. The monoisotopic (exact) mass is 565 g/mol. The van der Waals surface area contributed by atoms with Gasteiger partial charge in [0.15, 0.2) is 11.4 Å². The molecule has 0 spiro atoms. The van der Waals surface area contributed by atoms with Gasteiger partial charge in [-0.2, -0.15) is 0 Å². The van der Waals surface area contributed by atoms with Crippen LogP contribution < -0.4 is 20.3 Å². The number of carbonyl (C=O) groups is 2. The molecule has 0 amide bonds. The number of benzene rings is 1. The Morgan fingerprint density at radius 3 is 2.76 bits per heavy atom. The van der Waals surface area contributed by atoms with E-state index in [-0.39, 0.29) is 61.3 Å². The van der Waals surface area contributed by atoms with Crippen LogP contribution in [0.4, 0.5) is 0 Å². The second-order valence-electron chi connectivity index (χ2n) is 10.8. The third kappa shape index (κ3) is 4.04. The number of fused-ring (bicyclic) bond motifs is 5. The van der Waals surface area contributed by atoms with Gasteiger partial charge in [0.05, 0.1) is 40.8 Å². The van der Waals surface area contributed by atoms with Crippen LogP contribution in [-0.2, 0) is 37.8 Å². The van der Waals surface area contributed by atoms with Gasteiger partial charge in [0.2, 0.25) is 6.79 Å². The maximum atomic E-state index is 13.6. The molecular formula is C29H31N3O9. The molecule has 41 heavy (non-hydrogen) atoms. The van der Waals surface area contributed by atoms with Crippen LogP contribution >= 0.6 is 0 Å². The summed E-state index contributed by atoms with van der Waals surface area (Å²) in [5, 5.41) is 24.5. The highest BCUT2D eigenvalue weighted by molar-refractivity contribution is 5.98. The van der Waals surface area contributed by atoms with Gasteiger partial charge in [-0.1, -0.05) is 13.0 Å². The number of aliphatic hydroxyl groups excluding tert-OH is 1. The highest BCUT2D eigenvalue weighted by atomic mass is 16.7. The van der Waals surface area contributed by atoms with E-state index >= 15 is 0 Å². The summed E-state index contributed by atoms with van der Waals surface area (Å²) >= 11 is 0. The number of carbonyl (C=O) groups excluding carboxylic acids is 2. The Balaban J connectivity index is 1.53. The highest BCUT2D eigenvalue weighted by Crippen LogP contribution is 2.48. The number of hydrogen-bond donors (Lipinski definition) is 3. The van der Waals surface area contributed by atoms with E-state index < -0.39 is 23.9 Å². The predicted octanol–water partition coefficient (Wildman–Crippen LogP) is 1.77. The van der Waals surface area contributed by atoms with E-state index in [1.165, 1.54) is 7.11 Å². The van der Waals surface area contributed by atoms with Crippen LogP contribution in [0.25, 0.3) is 22.3 Å². The Hall–Kier alpha value is -3.84. The minimum absolute atomic E-state index is 0.0175. The molecule has 0 fully saturated rings. The fourth-order valence-electron chi connectivity index (χ4n) is 6.07. The van der Waals surface area contributed by atoms with Crippen LogP contribution in [0.15, 0.2) is 23.0 Å². The Morgan fingerprint density at radius 2 is 2.05 bits per heavy atom. The molecule has 3 aliphatic rings. The Labute approximate surface area is 234 Å². The van der Waals surface area contributed by atoms with Gasteiger partial charge < -0.3 is 33.7 Å². The number of ether oxygens (including phenoxy) is 4. The molecule has 3 aliphatic heterocycles. The van der Waals surface area contributed by atoms with E-state index in [2.05, 4.69) is 5.32 Å². The lowest BCUT2D eigenvalue weighted by molar-refractivity contribution is -0.172. The van der Waals surface area contributed by atoms with Crippen molar-refractivity contribution in [3.8, 4) is 22.9 Å². The van der Waals surface area contributed by atoms with Gasteiger partial charge in [-0.15, -0.1) is 0 Å². The number of Topliss-reactive ketones (excluding diaryl/α,β-unsaturated/α-hetero) is 1. The van der Waals surface area contributed by atoms with Crippen LogP contribution in [0, 0.1) is 0 Å². The molecule has 2 aromatic heterocycles. The molecule has 0 bridgehead atoms. The SMILES string of the molecule is CC[C@@]1(O)C(=O)OCc2c1cc1n(c2=O)Cc2c-1nc1c(C(C)N[C@](C)(CC(=O)CO)OC)ccc3c1c2OCO3. The number of nitrogens with zero attached hydrogens (tertiary/aromatic N) is 2. The topological polar surface area (TPSA) is 158 Å². The summed E-state index contributed by atoms with van der Waals surface area (Å²) in [7, 11) is 1.48. The summed E-state index contributed by atoms with van der Waals surface area (Å²) < 4.78 is 24.1. The number of cyclic esters (lactones) is 1. The molecule has 0 aliphatic carbocycles. The second kappa shape index (κ2) is 9.62. The van der Waals surface area contributed by atoms with Crippen LogP contribution in [0.1, 0.15) is 61.9 Å². The second-order valence-corrected chi connectivity index (χ2v) is 10.8. The summed E-state index contributed by atoms with van der Waals surface area (Å²) in [6.07, 6.45) is -0.00991. The molecule has 216 valence electrons. The van der Waals surface area contributed by atoms with Crippen molar-refractivity contribution in [2.45, 2.75) is 64.1 Å². The van der Waals surface area contributed by atoms with E-state index in [0.29, 0.717) is 39.4 Å². The van der Waals surface area contributed by atoms with Gasteiger partial charge in [-0.3, -0.25) is 14.9 Å². The van der Waals surface area contributed by atoms with Crippen LogP contribution in [0.3, 0.4) is 0 Å². The third-order valence-corrected chi connectivity index (χ3v) is 8.35. The molecule has 1 aromatic carbocycles. The minimum Gasteiger partial charge on any atom is -0.458 e. The molecule has 0 saturated heterocycles. The standard InChI is InChI=1S/C29H31N3O9/c1-5-29(37)19-8-20-23-17(10-32(20)26(35)18(19)12-39-27(29)36)25-22-21(40-13-41-25)7-6-16(24(22)30-23)14(2)31-28(3,38-4)9-15(34)11-33/h6-8,14,31,33,37H,5,9-13H2,1-4H3/t14?,28-,29-/m0/s1. The normalized spacial score (nSPS) is 20.7. The molecule has 0 radical (unpaired) electrons. The zero-order valence-corrected chi connectivity index (χ0v) is 23.2. The van der Waals surface area contributed by atoms with Crippen molar-refractivity contribution in [1.82, 2.24) is 14.9 Å². The van der Waals surface area contributed by atoms with Gasteiger partial charge in [0.1, 0.15) is 30.4 Å². The maximum absolute atomic E-state index is 13.6. The average Bonchev–Trinajstić information content (AvgIpc) is 3.34. The third-order valence-electron chi connectivity index (χ3n) is 8.35. The first kappa shape index (κ1) is 27.3. The van der Waals surface area contributed by atoms with Gasteiger partial charge in [0, 0.05) is 24.3 Å². The first-order chi connectivity index (χ1) is 19.5. The lowest BCUT2D eigenvalue weighted by Gasteiger charge is -2.33. The highest BCUT2D eigenvalue weighted by Gasteiger charge is 2.46. The average molecular weight is 566 g/mol. The van der Waals surface area contributed by atoms with Crippen molar-refractivity contribution in [2.24, 2.45) is 0 Å². The zero-order chi connectivity index (χ0) is 29.3.